The van der Waals surface area contributed by atoms with Gasteiger partial charge in [0.05, 0.1) is 44.5 Å². The molecule has 0 atom stereocenters. The summed E-state index contributed by atoms with van der Waals surface area (Å²) in [6.07, 6.45) is 0. The molecule has 0 aliphatic carbocycles. The Kier molecular flexibility index (Phi) is 7.38. The first kappa shape index (κ1) is 38.1. The second-order valence-corrected chi connectivity index (χ2v) is 19.2. The van der Waals surface area contributed by atoms with E-state index in [9.17, 15) is 0 Å². The third-order valence-electron chi connectivity index (χ3n) is 15.5. The van der Waals surface area contributed by atoms with Crippen LogP contribution in [0.15, 0.2) is 239 Å². The summed E-state index contributed by atoms with van der Waals surface area (Å²) in [6, 6.07) is 83.5. The first-order valence-corrected chi connectivity index (χ1v) is 24.6. The monoisotopic (exact) mass is 918 g/mol. The van der Waals surface area contributed by atoms with Gasteiger partial charge in [0, 0.05) is 87.4 Å². The second-order valence-electron chi connectivity index (χ2n) is 19.2. The summed E-state index contributed by atoms with van der Waals surface area (Å²) in [6.45, 7) is 0. The van der Waals surface area contributed by atoms with E-state index >= 15 is 0 Å². The summed E-state index contributed by atoms with van der Waals surface area (Å²) in [7, 11) is 0. The first-order valence-electron chi connectivity index (χ1n) is 24.6. The van der Waals surface area contributed by atoms with Crippen molar-refractivity contribution >= 4 is 154 Å². The van der Waals surface area contributed by atoms with E-state index in [-0.39, 0.29) is 0 Å². The van der Waals surface area contributed by atoms with Crippen molar-refractivity contribution in [2.75, 3.05) is 9.80 Å². The minimum absolute atomic E-state index is 0.881. The van der Waals surface area contributed by atoms with E-state index in [4.69, 9.17) is 8.83 Å². The molecule has 72 heavy (non-hydrogen) atoms. The number of aromatic nitrogens is 2. The van der Waals surface area contributed by atoms with Gasteiger partial charge in [0.1, 0.15) is 22.3 Å². The normalized spacial score (nSPS) is 12.4. The standard InChI is InChI=1S/C66H38N4O2/c1-3-15-39(16-4-1)67(41-27-33-61-51(35-41)43-19-9-13-25-59(43)71-61)55-31-29-45-49-37-58-50(38-57(49)69-53-23-11-7-21-47(53)63(55)65(45)69)46-30-32-56(64-48-22-8-12-24-54(48)70(58)66(46)64)68(40-17-5-2-6-18-40)42-28-34-62-52(36-42)44-20-10-14-26-60(44)72-62/h1-38H. The van der Waals surface area contributed by atoms with Gasteiger partial charge >= 0.3 is 0 Å². The zero-order chi connectivity index (χ0) is 46.8. The maximum Gasteiger partial charge on any atom is 0.135 e. The smallest absolute Gasteiger partial charge is 0.135 e. The van der Waals surface area contributed by atoms with Crippen LogP contribution in [0, 0.1) is 0 Å². The summed E-state index contributed by atoms with van der Waals surface area (Å²) in [4.78, 5) is 4.84. The lowest BCUT2D eigenvalue weighted by Gasteiger charge is -2.26. The van der Waals surface area contributed by atoms with Gasteiger partial charge < -0.3 is 27.4 Å². The molecular formula is C66H38N4O2. The summed E-state index contributed by atoms with van der Waals surface area (Å²) >= 11 is 0. The van der Waals surface area contributed by atoms with Gasteiger partial charge in [0.15, 0.2) is 0 Å². The number of fused-ring (bicyclic) bond motifs is 18. The SMILES string of the molecule is c1ccc(N(c2ccc3oc4ccccc4c3c2)c2ccc3c4cc5c(cc4n4c6ccccc6c2c34)c2ccc(N(c3ccccc3)c3ccc4oc6ccccc6c4c3)c3c4ccccc4n5c23)cc1. The topological polar surface area (TPSA) is 41.6 Å². The molecule has 0 saturated carbocycles. The van der Waals surface area contributed by atoms with Crippen LogP contribution in [0.3, 0.4) is 0 Å². The van der Waals surface area contributed by atoms with Crippen LogP contribution in [0.2, 0.25) is 0 Å². The Bertz CT molecular complexity index is 4740. The predicted octanol–water partition coefficient (Wildman–Crippen LogP) is 18.7. The molecule has 6 heteroatoms. The largest absolute Gasteiger partial charge is 0.456 e. The van der Waals surface area contributed by atoms with Crippen molar-refractivity contribution < 1.29 is 8.83 Å². The second kappa shape index (κ2) is 13.9. The van der Waals surface area contributed by atoms with Gasteiger partial charge in [-0.15, -0.1) is 0 Å². The number of anilines is 6. The molecule has 0 unspecified atom stereocenters. The van der Waals surface area contributed by atoms with E-state index in [2.05, 4.69) is 225 Å². The van der Waals surface area contributed by atoms with Gasteiger partial charge in [-0.25, -0.2) is 0 Å². The van der Waals surface area contributed by atoms with Crippen molar-refractivity contribution in [1.29, 1.82) is 0 Å². The average Bonchev–Trinajstić information content (AvgIpc) is 4.29. The predicted molar refractivity (Wildman–Crippen MR) is 300 cm³/mol. The number of hydrogen-bond donors (Lipinski definition) is 0. The Hall–Kier alpha value is -9.78. The van der Waals surface area contributed by atoms with Crippen molar-refractivity contribution in [3.63, 3.8) is 0 Å². The third-order valence-corrected chi connectivity index (χ3v) is 15.5. The van der Waals surface area contributed by atoms with E-state index in [1.807, 2.05) is 24.3 Å². The minimum atomic E-state index is 0.881. The number of furan rings is 2. The van der Waals surface area contributed by atoms with Crippen molar-refractivity contribution in [3.8, 4) is 0 Å². The summed E-state index contributed by atoms with van der Waals surface area (Å²) in [5, 5.41) is 14.2. The summed E-state index contributed by atoms with van der Waals surface area (Å²) in [5.74, 6) is 0. The highest BCUT2D eigenvalue weighted by atomic mass is 16.3. The Labute approximate surface area is 410 Å². The molecule has 334 valence electrons. The summed E-state index contributed by atoms with van der Waals surface area (Å²) < 4.78 is 17.7. The van der Waals surface area contributed by atoms with Crippen LogP contribution in [-0.2, 0) is 0 Å². The van der Waals surface area contributed by atoms with Crippen LogP contribution in [0.4, 0.5) is 34.1 Å². The number of hydrogen-bond acceptors (Lipinski definition) is 4. The number of para-hydroxylation sites is 6. The molecule has 17 aromatic rings. The fourth-order valence-electron chi connectivity index (χ4n) is 12.6. The molecule has 17 rings (SSSR count). The van der Waals surface area contributed by atoms with E-state index in [1.165, 1.54) is 76.2 Å². The molecule has 0 spiro atoms. The molecule has 0 fully saturated rings. The highest BCUT2D eigenvalue weighted by Crippen LogP contribution is 2.52. The van der Waals surface area contributed by atoms with E-state index in [0.29, 0.717) is 0 Å². The zero-order valence-electron chi connectivity index (χ0n) is 38.5. The third kappa shape index (κ3) is 4.97. The Balaban J connectivity index is 0.931. The molecule has 6 aromatic heterocycles. The van der Waals surface area contributed by atoms with Crippen molar-refractivity contribution in [1.82, 2.24) is 8.80 Å². The average molecular weight is 919 g/mol. The van der Waals surface area contributed by atoms with Crippen LogP contribution in [0.25, 0.3) is 120 Å². The zero-order valence-corrected chi connectivity index (χ0v) is 38.5. The molecule has 0 aliphatic heterocycles. The van der Waals surface area contributed by atoms with Gasteiger partial charge in [-0.05, 0) is 109 Å². The number of rotatable bonds is 6. The van der Waals surface area contributed by atoms with Crippen LogP contribution >= 0.6 is 0 Å². The lowest BCUT2D eigenvalue weighted by atomic mass is 10.0. The Morgan fingerprint density at radius 3 is 1.10 bits per heavy atom. The van der Waals surface area contributed by atoms with E-state index in [0.717, 1.165) is 78.0 Å². The number of nitrogens with zero attached hydrogens (tertiary/aromatic N) is 4. The van der Waals surface area contributed by atoms with Gasteiger partial charge in [-0.3, -0.25) is 0 Å². The number of benzene rings is 11. The highest BCUT2D eigenvalue weighted by Gasteiger charge is 2.28. The van der Waals surface area contributed by atoms with Crippen molar-refractivity contribution in [2.45, 2.75) is 0 Å². The van der Waals surface area contributed by atoms with Crippen LogP contribution < -0.4 is 9.80 Å². The van der Waals surface area contributed by atoms with E-state index in [1.54, 1.807) is 0 Å². The molecule has 0 saturated heterocycles. The van der Waals surface area contributed by atoms with Gasteiger partial charge in [0.25, 0.3) is 0 Å². The maximum atomic E-state index is 6.33. The molecule has 0 bridgehead atoms. The van der Waals surface area contributed by atoms with Crippen molar-refractivity contribution in [2.24, 2.45) is 0 Å². The molecule has 0 aliphatic rings. The quantitative estimate of drug-likeness (QED) is 0.167. The minimum Gasteiger partial charge on any atom is -0.456 e. The lowest BCUT2D eigenvalue weighted by molar-refractivity contribution is 0.668. The molecule has 6 nitrogen and oxygen atoms in total. The fraction of sp³-hybridized carbons (Fsp3) is 0. The molecule has 0 amide bonds. The first-order chi connectivity index (χ1) is 35.7. The molecule has 6 heterocycles. The highest BCUT2D eigenvalue weighted by molar-refractivity contribution is 6.32. The summed E-state index contributed by atoms with van der Waals surface area (Å²) in [5.41, 5.74) is 17.3. The maximum absolute atomic E-state index is 6.33. The molecule has 11 aromatic carbocycles. The molecular weight excluding hydrogens is 881 g/mol. The lowest BCUT2D eigenvalue weighted by Crippen LogP contribution is -2.10. The van der Waals surface area contributed by atoms with Crippen LogP contribution in [0.5, 0.6) is 0 Å². The van der Waals surface area contributed by atoms with Gasteiger partial charge in [0.2, 0.25) is 0 Å². The van der Waals surface area contributed by atoms with Crippen LogP contribution in [0.1, 0.15) is 0 Å². The van der Waals surface area contributed by atoms with Crippen LogP contribution in [-0.4, -0.2) is 8.80 Å². The van der Waals surface area contributed by atoms with Gasteiger partial charge in [-0.1, -0.05) is 121 Å². The Morgan fingerprint density at radius 1 is 0.250 bits per heavy atom. The van der Waals surface area contributed by atoms with E-state index < -0.39 is 0 Å². The fourth-order valence-corrected chi connectivity index (χ4v) is 12.6. The van der Waals surface area contributed by atoms with Gasteiger partial charge in [-0.2, -0.15) is 0 Å². The Morgan fingerprint density at radius 2 is 0.639 bits per heavy atom. The van der Waals surface area contributed by atoms with Crippen molar-refractivity contribution in [3.05, 3.63) is 231 Å². The molecule has 0 N–H and O–H groups in total. The molecule has 0 radical (unpaired) electrons.